The fourth-order valence-electron chi connectivity index (χ4n) is 4.00. The second-order valence-electron chi connectivity index (χ2n) is 7.00. The van der Waals surface area contributed by atoms with Gasteiger partial charge in [0.1, 0.15) is 5.69 Å². The van der Waals surface area contributed by atoms with Gasteiger partial charge in [0.2, 0.25) is 5.91 Å². The number of nitrogens with zero attached hydrogens (tertiary/aromatic N) is 3. The van der Waals surface area contributed by atoms with Crippen molar-refractivity contribution >= 4 is 17.5 Å². The summed E-state index contributed by atoms with van der Waals surface area (Å²) in [4.78, 5) is 42.7. The predicted octanol–water partition coefficient (Wildman–Crippen LogP) is 1.46. The molecule has 7 heteroatoms. The van der Waals surface area contributed by atoms with Gasteiger partial charge in [-0.05, 0) is 36.6 Å². The van der Waals surface area contributed by atoms with Crippen molar-refractivity contribution < 1.29 is 9.59 Å². The van der Waals surface area contributed by atoms with E-state index in [-0.39, 0.29) is 34.9 Å². The third kappa shape index (κ3) is 2.89. The van der Waals surface area contributed by atoms with Crippen LogP contribution in [0.4, 0.5) is 5.69 Å². The minimum atomic E-state index is -0.330. The molecule has 0 unspecified atom stereocenters. The first-order valence-corrected chi connectivity index (χ1v) is 8.73. The van der Waals surface area contributed by atoms with Crippen LogP contribution in [-0.2, 0) is 11.3 Å². The smallest absolute Gasteiger partial charge is 0.274 e. The Hall–Kier alpha value is -2.96. The van der Waals surface area contributed by atoms with Crippen molar-refractivity contribution in [1.82, 2.24) is 14.5 Å². The van der Waals surface area contributed by atoms with E-state index in [2.05, 4.69) is 10.3 Å². The fraction of sp³-hybridized carbons (Fsp3) is 0.368. The number of hydrogen-bond donors (Lipinski definition) is 1. The number of anilines is 1. The maximum absolute atomic E-state index is 12.9. The third-order valence-electron chi connectivity index (χ3n) is 5.24. The quantitative estimate of drug-likeness (QED) is 0.887. The molecule has 4 rings (SSSR count). The highest BCUT2D eigenvalue weighted by Crippen LogP contribution is 2.35. The number of pyridine rings is 2. The molecule has 2 aliphatic heterocycles. The summed E-state index contributed by atoms with van der Waals surface area (Å²) in [5, 5.41) is 2.70. The summed E-state index contributed by atoms with van der Waals surface area (Å²) in [6.07, 6.45) is 4.07. The molecule has 0 aliphatic carbocycles. The number of hydrogen-bond acceptors (Lipinski definition) is 4. The summed E-state index contributed by atoms with van der Waals surface area (Å²) >= 11 is 0. The number of fused-ring (bicyclic) bond motifs is 4. The van der Waals surface area contributed by atoms with E-state index >= 15 is 0 Å². The van der Waals surface area contributed by atoms with E-state index in [1.165, 1.54) is 12.4 Å². The van der Waals surface area contributed by atoms with Gasteiger partial charge < -0.3 is 14.8 Å². The summed E-state index contributed by atoms with van der Waals surface area (Å²) < 4.78 is 1.76. The molecule has 134 valence electrons. The second-order valence-corrected chi connectivity index (χ2v) is 7.00. The molecule has 0 saturated carbocycles. The van der Waals surface area contributed by atoms with Gasteiger partial charge in [-0.3, -0.25) is 19.4 Å². The Labute approximate surface area is 150 Å². The molecule has 0 radical (unpaired) electrons. The van der Waals surface area contributed by atoms with Crippen LogP contribution in [0.3, 0.4) is 0 Å². The van der Waals surface area contributed by atoms with Gasteiger partial charge in [0.25, 0.3) is 11.5 Å². The summed E-state index contributed by atoms with van der Waals surface area (Å²) in [7, 11) is 0. The number of aromatic nitrogens is 2. The lowest BCUT2D eigenvalue weighted by Gasteiger charge is -2.42. The van der Waals surface area contributed by atoms with Crippen LogP contribution in [0.25, 0.3) is 0 Å². The average Bonchev–Trinajstić information content (AvgIpc) is 2.65. The minimum absolute atomic E-state index is 0.0803. The summed E-state index contributed by atoms with van der Waals surface area (Å²) in [6, 6.07) is 6.77. The van der Waals surface area contributed by atoms with Crippen molar-refractivity contribution in [2.75, 3.05) is 18.4 Å². The van der Waals surface area contributed by atoms with Crippen LogP contribution in [0.15, 0.2) is 41.5 Å². The number of piperidine rings is 1. The van der Waals surface area contributed by atoms with E-state index in [4.69, 9.17) is 0 Å². The zero-order valence-electron chi connectivity index (χ0n) is 14.5. The molecule has 2 atom stereocenters. The second kappa shape index (κ2) is 6.40. The zero-order valence-corrected chi connectivity index (χ0v) is 14.5. The lowest BCUT2D eigenvalue weighted by Crippen LogP contribution is -2.48. The zero-order chi connectivity index (χ0) is 18.3. The van der Waals surface area contributed by atoms with Gasteiger partial charge in [0.15, 0.2) is 0 Å². The molecule has 1 N–H and O–H groups in total. The largest absolute Gasteiger partial charge is 0.342 e. The monoisotopic (exact) mass is 352 g/mol. The SMILES string of the molecule is CC(=O)N1C[C@@H]2C[C@H](C1)c1ccc(NC(=O)c3ccncc3)c(=O)n1C2. The highest BCUT2D eigenvalue weighted by atomic mass is 16.2. The van der Waals surface area contributed by atoms with Crippen LogP contribution in [0, 0.1) is 5.92 Å². The number of nitrogens with one attached hydrogen (secondary N) is 1. The van der Waals surface area contributed by atoms with Crippen molar-refractivity contribution in [1.29, 1.82) is 0 Å². The maximum Gasteiger partial charge on any atom is 0.274 e. The molecule has 2 aromatic heterocycles. The van der Waals surface area contributed by atoms with Gasteiger partial charge in [-0.25, -0.2) is 0 Å². The molecule has 1 fully saturated rings. The van der Waals surface area contributed by atoms with Crippen LogP contribution in [0.1, 0.15) is 35.3 Å². The molecule has 7 nitrogen and oxygen atoms in total. The minimum Gasteiger partial charge on any atom is -0.342 e. The van der Waals surface area contributed by atoms with E-state index in [0.717, 1.165) is 12.1 Å². The Morgan fingerprint density at radius 1 is 1.12 bits per heavy atom. The first-order chi connectivity index (χ1) is 12.5. The number of rotatable bonds is 2. The summed E-state index contributed by atoms with van der Waals surface area (Å²) in [5.74, 6) is 0.193. The van der Waals surface area contributed by atoms with E-state index in [1.807, 2.05) is 11.0 Å². The van der Waals surface area contributed by atoms with Gasteiger partial charge in [-0.2, -0.15) is 0 Å². The highest BCUT2D eigenvalue weighted by molar-refractivity contribution is 6.04. The van der Waals surface area contributed by atoms with E-state index in [0.29, 0.717) is 25.2 Å². The van der Waals surface area contributed by atoms with Crippen LogP contribution in [0.2, 0.25) is 0 Å². The van der Waals surface area contributed by atoms with E-state index in [9.17, 15) is 14.4 Å². The normalized spacial score (nSPS) is 21.0. The van der Waals surface area contributed by atoms with Crippen LogP contribution in [-0.4, -0.2) is 39.4 Å². The molecule has 2 aliphatic rings. The molecule has 4 heterocycles. The van der Waals surface area contributed by atoms with Crippen LogP contribution in [0.5, 0.6) is 0 Å². The summed E-state index contributed by atoms with van der Waals surface area (Å²) in [6.45, 7) is 3.50. The van der Waals surface area contributed by atoms with Gasteiger partial charge in [0.05, 0.1) is 0 Å². The Morgan fingerprint density at radius 2 is 1.88 bits per heavy atom. The molecule has 2 bridgehead atoms. The Balaban J connectivity index is 1.62. The van der Waals surface area contributed by atoms with E-state index in [1.54, 1.807) is 29.7 Å². The molecule has 1 saturated heterocycles. The number of carbonyl (C=O) groups is 2. The Bertz CT molecular complexity index is 922. The van der Waals surface area contributed by atoms with Gasteiger partial charge in [0, 0.05) is 56.1 Å². The molecular formula is C19H20N4O3. The summed E-state index contributed by atoms with van der Waals surface area (Å²) in [5.41, 5.74) is 1.49. The molecule has 26 heavy (non-hydrogen) atoms. The highest BCUT2D eigenvalue weighted by Gasteiger charge is 2.35. The van der Waals surface area contributed by atoms with Gasteiger partial charge >= 0.3 is 0 Å². The average molecular weight is 352 g/mol. The van der Waals surface area contributed by atoms with Crippen molar-refractivity contribution in [2.24, 2.45) is 5.92 Å². The number of amides is 2. The third-order valence-corrected chi connectivity index (χ3v) is 5.24. The predicted molar refractivity (Wildman–Crippen MR) is 96.0 cm³/mol. The standard InChI is InChI=1S/C19H20N4O3/c1-12(24)22-9-13-8-15(11-22)17-3-2-16(19(26)23(17)10-13)21-18(25)14-4-6-20-7-5-14/h2-7,13,15H,8-11H2,1H3,(H,21,25)/t13-,15+/m0/s1. The van der Waals surface area contributed by atoms with Crippen molar-refractivity contribution in [3.63, 3.8) is 0 Å². The Kier molecular flexibility index (Phi) is 4.06. The van der Waals surface area contributed by atoms with Crippen molar-refractivity contribution in [3.8, 4) is 0 Å². The van der Waals surface area contributed by atoms with Crippen LogP contribution >= 0.6 is 0 Å². The lowest BCUT2D eigenvalue weighted by molar-refractivity contribution is -0.131. The van der Waals surface area contributed by atoms with Gasteiger partial charge in [-0.1, -0.05) is 0 Å². The van der Waals surface area contributed by atoms with Gasteiger partial charge in [-0.15, -0.1) is 0 Å². The Morgan fingerprint density at radius 3 is 2.62 bits per heavy atom. The maximum atomic E-state index is 12.9. The fourth-order valence-corrected chi connectivity index (χ4v) is 4.00. The molecular weight excluding hydrogens is 332 g/mol. The van der Waals surface area contributed by atoms with E-state index < -0.39 is 0 Å². The number of carbonyl (C=O) groups excluding carboxylic acids is 2. The molecule has 0 spiro atoms. The molecule has 0 aromatic carbocycles. The first-order valence-electron chi connectivity index (χ1n) is 8.73. The first kappa shape index (κ1) is 16.5. The molecule has 2 aromatic rings. The number of likely N-dealkylation sites (tertiary alicyclic amines) is 1. The van der Waals surface area contributed by atoms with Crippen molar-refractivity contribution in [3.05, 3.63) is 58.3 Å². The topological polar surface area (TPSA) is 84.3 Å². The van der Waals surface area contributed by atoms with Crippen molar-refractivity contribution in [2.45, 2.75) is 25.8 Å². The van der Waals surface area contributed by atoms with Crippen LogP contribution < -0.4 is 10.9 Å². The molecule has 2 amide bonds. The lowest BCUT2D eigenvalue weighted by atomic mass is 9.83.